The van der Waals surface area contributed by atoms with Gasteiger partial charge in [-0.15, -0.1) is 0 Å². The molecule has 0 heterocycles. The molecular weight excluding hydrogens is 559 g/mol. The average molecular weight is 600 g/mol. The Bertz CT molecular complexity index is 511. The molecule has 0 aliphatic heterocycles. The van der Waals surface area contributed by atoms with Crippen LogP contribution in [-0.4, -0.2) is 52.5 Å². The molecule has 1 rings (SSSR count). The topological polar surface area (TPSA) is 52.6 Å². The monoisotopic (exact) mass is 600 g/mol. The molecule has 0 aromatic heterocycles. The van der Waals surface area contributed by atoms with Gasteiger partial charge in [0.2, 0.25) is 0 Å². The van der Waals surface area contributed by atoms with Gasteiger partial charge in [0.25, 0.3) is 0 Å². The third kappa shape index (κ3) is 13.1. The van der Waals surface area contributed by atoms with Gasteiger partial charge in [-0.25, -0.2) is 9.59 Å². The fourth-order valence-corrected chi connectivity index (χ4v) is 3.09. The molecule has 0 aliphatic rings. The summed E-state index contributed by atoms with van der Waals surface area (Å²) in [6, 6.07) is 6.74. The van der Waals surface area contributed by atoms with Crippen molar-refractivity contribution in [2.75, 3.05) is 13.2 Å². The number of carbonyl (C=O) groups excluding carboxylic acids is 2. The fraction of sp³-hybridized carbons (Fsp3) is 0.667. The van der Waals surface area contributed by atoms with Crippen molar-refractivity contribution in [3.63, 3.8) is 0 Å². The number of hydrogen-bond donors (Lipinski definition) is 0. The van der Waals surface area contributed by atoms with E-state index in [0.29, 0.717) is 24.3 Å². The van der Waals surface area contributed by atoms with Crippen molar-refractivity contribution >= 4 is 39.2 Å². The SMILES string of the molecule is CCCCCCCCOC(=O)c1ccccc1C(=O)OCCCCCCCC.[PbH2]. The van der Waals surface area contributed by atoms with Crippen LogP contribution in [0, 0.1) is 0 Å². The third-order valence-electron chi connectivity index (χ3n) is 4.83. The molecule has 2 radical (unpaired) electrons. The minimum absolute atomic E-state index is 0. The Morgan fingerprint density at radius 1 is 0.621 bits per heavy atom. The molecule has 0 atom stereocenters. The quantitative estimate of drug-likeness (QED) is 0.137. The first-order valence-electron chi connectivity index (χ1n) is 11.1. The second-order valence-corrected chi connectivity index (χ2v) is 7.35. The van der Waals surface area contributed by atoms with Crippen LogP contribution in [0.15, 0.2) is 24.3 Å². The van der Waals surface area contributed by atoms with Crippen molar-refractivity contribution in [1.29, 1.82) is 0 Å². The summed E-state index contributed by atoms with van der Waals surface area (Å²) < 4.78 is 10.7. The molecule has 0 N–H and O–H groups in total. The summed E-state index contributed by atoms with van der Waals surface area (Å²) in [5, 5.41) is 0. The van der Waals surface area contributed by atoms with Crippen molar-refractivity contribution in [1.82, 2.24) is 0 Å². The Kier molecular flexibility index (Phi) is 18.5. The van der Waals surface area contributed by atoms with Crippen molar-refractivity contribution in [3.8, 4) is 0 Å². The van der Waals surface area contributed by atoms with Crippen LogP contribution in [0.4, 0.5) is 0 Å². The molecule has 5 heteroatoms. The van der Waals surface area contributed by atoms with E-state index in [-0.39, 0.29) is 27.3 Å². The number of benzene rings is 1. The summed E-state index contributed by atoms with van der Waals surface area (Å²) >= 11 is 0. The Balaban J connectivity index is 0.00000784. The van der Waals surface area contributed by atoms with E-state index in [1.165, 1.54) is 51.4 Å². The summed E-state index contributed by atoms with van der Waals surface area (Å²) in [5.74, 6) is -0.888. The van der Waals surface area contributed by atoms with E-state index >= 15 is 0 Å². The van der Waals surface area contributed by atoms with E-state index in [2.05, 4.69) is 13.8 Å². The van der Waals surface area contributed by atoms with Gasteiger partial charge in [0.05, 0.1) is 24.3 Å². The van der Waals surface area contributed by atoms with Gasteiger partial charge in [-0.3, -0.25) is 0 Å². The molecule has 0 bridgehead atoms. The van der Waals surface area contributed by atoms with Crippen LogP contribution < -0.4 is 0 Å². The maximum absolute atomic E-state index is 12.4. The first kappa shape index (κ1) is 28.1. The number of ether oxygens (including phenoxy) is 2. The second-order valence-electron chi connectivity index (χ2n) is 7.35. The minimum atomic E-state index is -0.444. The number of rotatable bonds is 16. The molecule has 0 aliphatic carbocycles. The predicted molar refractivity (Wildman–Crippen MR) is 122 cm³/mol. The molecule has 164 valence electrons. The Labute approximate surface area is 197 Å². The van der Waals surface area contributed by atoms with Crippen LogP contribution in [0.3, 0.4) is 0 Å². The van der Waals surface area contributed by atoms with E-state index in [1.807, 2.05) is 0 Å². The average Bonchev–Trinajstić information content (AvgIpc) is 2.72. The van der Waals surface area contributed by atoms with Crippen LogP contribution in [0.2, 0.25) is 0 Å². The number of unbranched alkanes of at least 4 members (excludes halogenated alkanes) is 10. The Morgan fingerprint density at radius 3 is 1.34 bits per heavy atom. The van der Waals surface area contributed by atoms with E-state index in [1.54, 1.807) is 24.3 Å². The van der Waals surface area contributed by atoms with Crippen LogP contribution in [0.1, 0.15) is 112 Å². The summed E-state index contributed by atoms with van der Waals surface area (Å²) in [6.07, 6.45) is 13.6. The van der Waals surface area contributed by atoms with Gasteiger partial charge >= 0.3 is 39.2 Å². The Morgan fingerprint density at radius 2 is 0.966 bits per heavy atom. The van der Waals surface area contributed by atoms with Gasteiger partial charge in [-0.05, 0) is 25.0 Å². The van der Waals surface area contributed by atoms with E-state index in [0.717, 1.165) is 25.7 Å². The van der Waals surface area contributed by atoms with Crippen LogP contribution in [0.5, 0.6) is 0 Å². The number of hydrogen-bond acceptors (Lipinski definition) is 4. The molecule has 0 saturated carbocycles. The zero-order chi connectivity index (χ0) is 20.5. The van der Waals surface area contributed by atoms with Crippen LogP contribution >= 0.6 is 0 Å². The molecule has 4 nitrogen and oxygen atoms in total. The summed E-state index contributed by atoms with van der Waals surface area (Å²) in [7, 11) is 0. The molecule has 1 aromatic carbocycles. The van der Waals surface area contributed by atoms with Gasteiger partial charge in [0, 0.05) is 0 Å². The van der Waals surface area contributed by atoms with Gasteiger partial charge in [0.15, 0.2) is 0 Å². The van der Waals surface area contributed by atoms with Crippen molar-refractivity contribution in [3.05, 3.63) is 35.4 Å². The normalized spacial score (nSPS) is 10.3. The molecule has 1 aromatic rings. The first-order valence-corrected chi connectivity index (χ1v) is 11.1. The zero-order valence-electron chi connectivity index (χ0n) is 18.5. The van der Waals surface area contributed by atoms with Crippen molar-refractivity contribution in [2.24, 2.45) is 0 Å². The third-order valence-corrected chi connectivity index (χ3v) is 4.83. The maximum atomic E-state index is 12.4. The summed E-state index contributed by atoms with van der Waals surface area (Å²) in [5.41, 5.74) is 0.586. The molecule has 0 unspecified atom stereocenters. The number of carbonyl (C=O) groups is 2. The van der Waals surface area contributed by atoms with Crippen molar-refractivity contribution < 1.29 is 19.1 Å². The number of esters is 2. The van der Waals surface area contributed by atoms with Gasteiger partial charge in [-0.2, -0.15) is 0 Å². The molecule has 0 spiro atoms. The van der Waals surface area contributed by atoms with E-state index in [4.69, 9.17) is 9.47 Å². The zero-order valence-corrected chi connectivity index (χ0v) is 24.0. The molecule has 29 heavy (non-hydrogen) atoms. The molecular formula is C24H40O4Pb. The van der Waals surface area contributed by atoms with Crippen LogP contribution in [0.25, 0.3) is 0 Å². The standard InChI is InChI=1S/C24H38O4.Pb.2H/c1-3-5-7-9-11-15-19-27-23(25)21-17-13-14-18-22(21)24(26)28-20-16-12-10-8-6-4-2;;;/h13-14,17-18H,3-12,15-16,19-20H2,1-2H3;;;. The second kappa shape index (κ2) is 19.1. The Hall–Kier alpha value is -0.918. The van der Waals surface area contributed by atoms with E-state index in [9.17, 15) is 9.59 Å². The molecule has 0 amide bonds. The van der Waals surface area contributed by atoms with Crippen molar-refractivity contribution in [2.45, 2.75) is 90.9 Å². The van der Waals surface area contributed by atoms with Gasteiger partial charge < -0.3 is 9.47 Å². The summed E-state index contributed by atoms with van der Waals surface area (Å²) in [4.78, 5) is 24.7. The van der Waals surface area contributed by atoms with Gasteiger partial charge in [-0.1, -0.05) is 90.2 Å². The van der Waals surface area contributed by atoms with Gasteiger partial charge in [0.1, 0.15) is 0 Å². The van der Waals surface area contributed by atoms with Crippen LogP contribution in [-0.2, 0) is 9.47 Å². The molecule has 0 saturated heterocycles. The summed E-state index contributed by atoms with van der Waals surface area (Å²) in [6.45, 7) is 5.17. The van der Waals surface area contributed by atoms with E-state index < -0.39 is 11.9 Å². The molecule has 0 fully saturated rings. The predicted octanol–water partition coefficient (Wildman–Crippen LogP) is 5.81. The first-order chi connectivity index (χ1) is 13.7. The fourth-order valence-electron chi connectivity index (χ4n) is 3.09.